The van der Waals surface area contributed by atoms with Crippen molar-refractivity contribution in [2.75, 3.05) is 38.2 Å². The van der Waals surface area contributed by atoms with Gasteiger partial charge in [0.15, 0.2) is 10.8 Å². The van der Waals surface area contributed by atoms with Crippen LogP contribution in [0.1, 0.15) is 22.5 Å². The first-order valence-corrected chi connectivity index (χ1v) is 11.4. The summed E-state index contributed by atoms with van der Waals surface area (Å²) in [5, 5.41) is 5.67. The molecule has 0 radical (unpaired) electrons. The van der Waals surface area contributed by atoms with Crippen LogP contribution in [0, 0.1) is 6.92 Å². The summed E-state index contributed by atoms with van der Waals surface area (Å²) in [6, 6.07) is 11.4. The van der Waals surface area contributed by atoms with E-state index in [1.54, 1.807) is 43.0 Å². The molecule has 0 N–H and O–H groups in total. The third-order valence-electron chi connectivity index (χ3n) is 5.68. The van der Waals surface area contributed by atoms with Crippen molar-refractivity contribution in [1.82, 2.24) is 24.6 Å². The smallest absolute Gasteiger partial charge is 0.254 e. The Morgan fingerprint density at radius 2 is 1.81 bits per heavy atom. The Morgan fingerprint density at radius 3 is 2.56 bits per heavy atom. The van der Waals surface area contributed by atoms with Crippen molar-refractivity contribution in [2.24, 2.45) is 0 Å². The zero-order valence-corrected chi connectivity index (χ0v) is 18.9. The van der Waals surface area contributed by atoms with E-state index < -0.39 is 0 Å². The van der Waals surface area contributed by atoms with Crippen LogP contribution in [-0.4, -0.2) is 63.8 Å². The third kappa shape index (κ3) is 3.80. The van der Waals surface area contributed by atoms with Gasteiger partial charge in [-0.1, -0.05) is 11.3 Å². The number of aryl methyl sites for hydroxylation is 1. The molecule has 164 valence electrons. The van der Waals surface area contributed by atoms with Gasteiger partial charge in [-0.05, 0) is 49.7 Å². The molecule has 5 rings (SSSR count). The lowest BCUT2D eigenvalue weighted by atomic mass is 10.2. The maximum absolute atomic E-state index is 12.8. The highest BCUT2D eigenvalue weighted by atomic mass is 32.1. The van der Waals surface area contributed by atoms with Crippen LogP contribution >= 0.6 is 11.3 Å². The molecule has 0 spiro atoms. The Hall–Kier alpha value is -3.46. The average Bonchev–Trinajstić information content (AvgIpc) is 3.30. The summed E-state index contributed by atoms with van der Waals surface area (Å²) in [5.41, 5.74) is 3.46. The molecule has 1 aliphatic rings. The van der Waals surface area contributed by atoms with Crippen LogP contribution in [-0.2, 0) is 0 Å². The normalized spacial score (nSPS) is 14.6. The van der Waals surface area contributed by atoms with Crippen LogP contribution in [0.25, 0.3) is 16.0 Å². The van der Waals surface area contributed by atoms with Crippen LogP contribution in [0.3, 0.4) is 0 Å². The predicted molar refractivity (Wildman–Crippen MR) is 125 cm³/mol. The number of rotatable bonds is 4. The number of anilines is 1. The molecular formula is C23H24N6O2S. The van der Waals surface area contributed by atoms with Gasteiger partial charge in [-0.2, -0.15) is 10.1 Å². The van der Waals surface area contributed by atoms with Gasteiger partial charge in [0.05, 0.1) is 23.2 Å². The fraction of sp³-hybridized carbons (Fsp3) is 0.304. The Kier molecular flexibility index (Phi) is 5.48. The third-order valence-corrected chi connectivity index (χ3v) is 6.89. The van der Waals surface area contributed by atoms with Gasteiger partial charge in [-0.15, -0.1) is 0 Å². The van der Waals surface area contributed by atoms with Crippen molar-refractivity contribution in [3.8, 4) is 11.4 Å². The molecule has 1 amide bonds. The number of carbonyl (C=O) groups excluding carboxylic acids is 1. The second kappa shape index (κ2) is 8.58. The SMILES string of the molecule is COc1ccc(-n2nc(C)c3sc(N4CCCN(C(=O)c5ccncc5)CC4)nc32)cc1. The summed E-state index contributed by atoms with van der Waals surface area (Å²) in [6.45, 7) is 5.04. The number of nitrogens with zero attached hydrogens (tertiary/aromatic N) is 6. The highest BCUT2D eigenvalue weighted by Crippen LogP contribution is 2.33. The lowest BCUT2D eigenvalue weighted by Gasteiger charge is -2.21. The van der Waals surface area contributed by atoms with Gasteiger partial charge in [0.2, 0.25) is 0 Å². The molecule has 1 aromatic carbocycles. The topological polar surface area (TPSA) is 76.4 Å². The van der Waals surface area contributed by atoms with Crippen LogP contribution in [0.15, 0.2) is 48.8 Å². The second-order valence-corrected chi connectivity index (χ2v) is 8.69. The summed E-state index contributed by atoms with van der Waals surface area (Å²) >= 11 is 1.66. The summed E-state index contributed by atoms with van der Waals surface area (Å²) in [7, 11) is 1.66. The molecule has 1 fully saturated rings. The molecule has 0 atom stereocenters. The number of pyridine rings is 1. The standard InChI is InChI=1S/C23H24N6O2S/c1-16-20-21(29(26-16)18-4-6-19(31-2)7-5-18)25-23(32-20)28-13-3-12-27(14-15-28)22(30)17-8-10-24-11-9-17/h4-11H,3,12-15H2,1-2H3. The first-order chi connectivity index (χ1) is 15.6. The van der Waals surface area contributed by atoms with E-state index in [9.17, 15) is 4.79 Å². The number of ether oxygens (including phenoxy) is 1. The van der Waals surface area contributed by atoms with Crippen LogP contribution in [0.2, 0.25) is 0 Å². The molecule has 0 aliphatic carbocycles. The molecule has 4 aromatic rings. The zero-order valence-electron chi connectivity index (χ0n) is 18.1. The maximum Gasteiger partial charge on any atom is 0.254 e. The number of hydrogen-bond donors (Lipinski definition) is 0. The zero-order chi connectivity index (χ0) is 22.1. The molecule has 3 aromatic heterocycles. The van der Waals surface area contributed by atoms with Crippen LogP contribution in [0.5, 0.6) is 5.75 Å². The van der Waals surface area contributed by atoms with E-state index in [1.165, 1.54) is 0 Å². The van der Waals surface area contributed by atoms with E-state index in [2.05, 4.69) is 9.88 Å². The van der Waals surface area contributed by atoms with Crippen molar-refractivity contribution in [3.63, 3.8) is 0 Å². The van der Waals surface area contributed by atoms with E-state index in [0.717, 1.165) is 58.7 Å². The van der Waals surface area contributed by atoms with Crippen molar-refractivity contribution in [2.45, 2.75) is 13.3 Å². The van der Waals surface area contributed by atoms with Gasteiger partial charge in [0.1, 0.15) is 5.75 Å². The molecule has 4 heterocycles. The first kappa shape index (κ1) is 20.4. The van der Waals surface area contributed by atoms with Crippen molar-refractivity contribution in [1.29, 1.82) is 0 Å². The van der Waals surface area contributed by atoms with Gasteiger partial charge in [0.25, 0.3) is 5.91 Å². The van der Waals surface area contributed by atoms with Gasteiger partial charge in [0, 0.05) is 44.1 Å². The van der Waals surface area contributed by atoms with Gasteiger partial charge in [-0.25, -0.2) is 4.68 Å². The second-order valence-electron chi connectivity index (χ2n) is 7.71. The van der Waals surface area contributed by atoms with E-state index in [-0.39, 0.29) is 5.91 Å². The van der Waals surface area contributed by atoms with Crippen molar-refractivity contribution < 1.29 is 9.53 Å². The minimum atomic E-state index is 0.0598. The minimum absolute atomic E-state index is 0.0598. The number of benzene rings is 1. The van der Waals surface area contributed by atoms with Gasteiger partial charge < -0.3 is 14.5 Å². The summed E-state index contributed by atoms with van der Waals surface area (Å²) in [4.78, 5) is 26.0. The number of thiazole rings is 1. The molecule has 0 bridgehead atoms. The van der Waals surface area contributed by atoms with E-state index in [0.29, 0.717) is 12.1 Å². The number of aromatic nitrogens is 4. The molecule has 0 saturated carbocycles. The quantitative estimate of drug-likeness (QED) is 0.475. The lowest BCUT2D eigenvalue weighted by Crippen LogP contribution is -2.35. The monoisotopic (exact) mass is 448 g/mol. The first-order valence-electron chi connectivity index (χ1n) is 10.6. The van der Waals surface area contributed by atoms with Gasteiger partial charge in [-0.3, -0.25) is 9.78 Å². The van der Waals surface area contributed by atoms with E-state index in [4.69, 9.17) is 14.8 Å². The van der Waals surface area contributed by atoms with Crippen LogP contribution < -0.4 is 9.64 Å². The molecule has 32 heavy (non-hydrogen) atoms. The van der Waals surface area contributed by atoms with E-state index >= 15 is 0 Å². The molecular weight excluding hydrogens is 424 g/mol. The Balaban J connectivity index is 1.37. The fourth-order valence-corrected chi connectivity index (χ4v) is 4.99. The molecule has 1 saturated heterocycles. The minimum Gasteiger partial charge on any atom is -0.497 e. The van der Waals surface area contributed by atoms with Gasteiger partial charge >= 0.3 is 0 Å². The van der Waals surface area contributed by atoms with Crippen molar-refractivity contribution >= 4 is 32.7 Å². The highest BCUT2D eigenvalue weighted by molar-refractivity contribution is 7.22. The lowest BCUT2D eigenvalue weighted by molar-refractivity contribution is 0.0767. The molecule has 0 unspecified atom stereocenters. The molecule has 9 heteroatoms. The number of carbonyl (C=O) groups is 1. The number of amides is 1. The summed E-state index contributed by atoms with van der Waals surface area (Å²) in [5.74, 6) is 0.868. The Labute approximate surface area is 190 Å². The Bertz CT molecular complexity index is 1230. The molecule has 1 aliphatic heterocycles. The number of fused-ring (bicyclic) bond motifs is 1. The fourth-order valence-electron chi connectivity index (χ4n) is 3.95. The molecule has 8 nitrogen and oxygen atoms in total. The predicted octanol–water partition coefficient (Wildman–Crippen LogP) is 3.55. The Morgan fingerprint density at radius 1 is 1.03 bits per heavy atom. The highest BCUT2D eigenvalue weighted by Gasteiger charge is 2.23. The van der Waals surface area contributed by atoms with Crippen LogP contribution in [0.4, 0.5) is 5.13 Å². The number of hydrogen-bond acceptors (Lipinski definition) is 7. The van der Waals surface area contributed by atoms with E-state index in [1.807, 2.05) is 40.8 Å². The number of methoxy groups -OCH3 is 1. The average molecular weight is 449 g/mol. The maximum atomic E-state index is 12.8. The summed E-state index contributed by atoms with van der Waals surface area (Å²) in [6.07, 6.45) is 4.22. The van der Waals surface area contributed by atoms with Crippen molar-refractivity contribution in [3.05, 3.63) is 60.0 Å². The summed E-state index contributed by atoms with van der Waals surface area (Å²) < 4.78 is 8.24. The largest absolute Gasteiger partial charge is 0.497 e.